The van der Waals surface area contributed by atoms with Gasteiger partial charge < -0.3 is 10.1 Å². The summed E-state index contributed by atoms with van der Waals surface area (Å²) in [5.41, 5.74) is 1.10. The highest BCUT2D eigenvalue weighted by molar-refractivity contribution is 6.29. The van der Waals surface area contributed by atoms with Gasteiger partial charge in [0.15, 0.2) is 0 Å². The van der Waals surface area contributed by atoms with Crippen LogP contribution in [0.1, 0.15) is 10.4 Å². The van der Waals surface area contributed by atoms with Crippen molar-refractivity contribution in [1.82, 2.24) is 9.97 Å². The number of benzene rings is 1. The largest absolute Gasteiger partial charge is 0.456 e. The first-order chi connectivity index (χ1) is 9.65. The Balaban J connectivity index is 2.08. The van der Waals surface area contributed by atoms with Crippen LogP contribution in [-0.2, 0) is 4.74 Å². The second-order valence-electron chi connectivity index (χ2n) is 3.87. The van der Waals surface area contributed by atoms with E-state index in [1.807, 2.05) is 0 Å². The lowest BCUT2D eigenvalue weighted by molar-refractivity contribution is 0.0546. The normalized spacial score (nSPS) is 9.85. The maximum absolute atomic E-state index is 11.8. The molecule has 20 heavy (non-hydrogen) atoms. The summed E-state index contributed by atoms with van der Waals surface area (Å²) in [7, 11) is 0. The predicted octanol–water partition coefficient (Wildman–Crippen LogP) is 3.13. The highest BCUT2D eigenvalue weighted by Crippen LogP contribution is 2.15. The summed E-state index contributed by atoms with van der Waals surface area (Å²) in [6.45, 7) is 3.44. The van der Waals surface area contributed by atoms with Gasteiger partial charge in [-0.15, -0.1) is 0 Å². The Morgan fingerprint density at radius 2 is 2.05 bits per heavy atom. The molecule has 0 spiro atoms. The maximum atomic E-state index is 11.8. The smallest absolute Gasteiger partial charge is 0.338 e. The number of anilines is 2. The van der Waals surface area contributed by atoms with Crippen LogP contribution >= 0.6 is 11.6 Å². The molecule has 6 heteroatoms. The number of ether oxygens (including phenoxy) is 1. The van der Waals surface area contributed by atoms with E-state index in [0.29, 0.717) is 17.2 Å². The van der Waals surface area contributed by atoms with Crippen molar-refractivity contribution < 1.29 is 9.53 Å². The van der Waals surface area contributed by atoms with Gasteiger partial charge in [0.2, 0.25) is 5.95 Å². The number of carbonyl (C=O) groups is 1. The van der Waals surface area contributed by atoms with Crippen molar-refractivity contribution >= 4 is 29.2 Å². The van der Waals surface area contributed by atoms with Gasteiger partial charge in [-0.1, -0.05) is 24.2 Å². The molecule has 0 amide bonds. The van der Waals surface area contributed by atoms with Crippen LogP contribution in [0.2, 0.25) is 0 Å². The monoisotopic (exact) mass is 289 g/mol. The Morgan fingerprint density at radius 3 is 2.75 bits per heavy atom. The minimum absolute atomic E-state index is 0.0140. The van der Waals surface area contributed by atoms with Crippen LogP contribution < -0.4 is 5.32 Å². The van der Waals surface area contributed by atoms with Crippen LogP contribution in [0.3, 0.4) is 0 Å². The molecule has 1 aromatic heterocycles. The molecule has 0 aliphatic rings. The molecule has 0 unspecified atom stereocenters. The Morgan fingerprint density at radius 1 is 1.30 bits per heavy atom. The van der Waals surface area contributed by atoms with Gasteiger partial charge in [0.25, 0.3) is 0 Å². The van der Waals surface area contributed by atoms with Gasteiger partial charge in [-0.25, -0.2) is 14.8 Å². The Hall–Kier alpha value is -2.40. The molecule has 102 valence electrons. The number of carbonyl (C=O) groups excluding carboxylic acids is 1. The van der Waals surface area contributed by atoms with Crippen LogP contribution in [0.5, 0.6) is 0 Å². The molecule has 0 bridgehead atoms. The zero-order valence-electron chi connectivity index (χ0n) is 10.5. The fourth-order valence-electron chi connectivity index (χ4n) is 1.44. The summed E-state index contributed by atoms with van der Waals surface area (Å²) in [5, 5.41) is 3.26. The van der Waals surface area contributed by atoms with Crippen LogP contribution in [0.25, 0.3) is 0 Å². The second-order valence-corrected chi connectivity index (χ2v) is 4.41. The molecule has 1 aromatic carbocycles. The second kappa shape index (κ2) is 6.68. The quantitative estimate of drug-likeness (QED) is 0.857. The molecule has 2 aromatic rings. The molecule has 0 radical (unpaired) electrons. The summed E-state index contributed by atoms with van der Waals surface area (Å²) in [5.74, 6) is -0.0171. The van der Waals surface area contributed by atoms with E-state index in [0.717, 1.165) is 0 Å². The summed E-state index contributed by atoms with van der Waals surface area (Å²) < 4.78 is 4.97. The minimum atomic E-state index is -0.468. The van der Waals surface area contributed by atoms with Gasteiger partial charge >= 0.3 is 5.97 Å². The average molecular weight is 290 g/mol. The SMILES string of the molecule is C=C(Cl)COC(=O)c1cccc(Nc2ncccn2)c1. The van der Waals surface area contributed by atoms with Crippen LogP contribution in [0.15, 0.2) is 54.3 Å². The van der Waals surface area contributed by atoms with Crippen molar-refractivity contribution in [1.29, 1.82) is 0 Å². The first kappa shape index (κ1) is 14.0. The van der Waals surface area contributed by atoms with E-state index < -0.39 is 5.97 Å². The third-order valence-corrected chi connectivity index (χ3v) is 2.39. The number of nitrogens with zero attached hydrogens (tertiary/aromatic N) is 2. The van der Waals surface area contributed by atoms with E-state index in [2.05, 4.69) is 21.9 Å². The third-order valence-electron chi connectivity index (χ3n) is 2.28. The zero-order chi connectivity index (χ0) is 14.4. The highest BCUT2D eigenvalue weighted by atomic mass is 35.5. The zero-order valence-corrected chi connectivity index (χ0v) is 11.3. The summed E-state index contributed by atoms with van der Waals surface area (Å²) in [4.78, 5) is 19.9. The van der Waals surface area contributed by atoms with E-state index >= 15 is 0 Å². The molecule has 0 fully saturated rings. The molecule has 0 aliphatic heterocycles. The summed E-state index contributed by atoms with van der Waals surface area (Å²) >= 11 is 5.55. The van der Waals surface area contributed by atoms with Crippen LogP contribution in [0.4, 0.5) is 11.6 Å². The first-order valence-electron chi connectivity index (χ1n) is 5.79. The van der Waals surface area contributed by atoms with Crippen molar-refractivity contribution in [2.75, 3.05) is 11.9 Å². The summed E-state index contributed by atoms with van der Waals surface area (Å²) in [6.07, 6.45) is 3.25. The maximum Gasteiger partial charge on any atom is 0.338 e. The van der Waals surface area contributed by atoms with Gasteiger partial charge in [0.05, 0.1) is 5.56 Å². The molecule has 0 saturated carbocycles. The Labute approximate surface area is 121 Å². The number of aromatic nitrogens is 2. The van der Waals surface area contributed by atoms with Crippen molar-refractivity contribution in [3.63, 3.8) is 0 Å². The number of nitrogens with one attached hydrogen (secondary N) is 1. The molecule has 1 N–H and O–H groups in total. The van der Waals surface area contributed by atoms with Gasteiger partial charge in [0, 0.05) is 23.1 Å². The van der Waals surface area contributed by atoms with Gasteiger partial charge in [0.1, 0.15) is 6.61 Å². The van der Waals surface area contributed by atoms with Crippen LogP contribution in [0, 0.1) is 0 Å². The van der Waals surface area contributed by atoms with Crippen molar-refractivity contribution in [2.45, 2.75) is 0 Å². The highest BCUT2D eigenvalue weighted by Gasteiger charge is 2.08. The van der Waals surface area contributed by atoms with Crippen molar-refractivity contribution in [2.24, 2.45) is 0 Å². The van der Waals surface area contributed by atoms with E-state index in [4.69, 9.17) is 16.3 Å². The van der Waals surface area contributed by atoms with Gasteiger partial charge in [-0.2, -0.15) is 0 Å². The number of esters is 1. The Bertz CT molecular complexity index is 617. The Kier molecular flexibility index (Phi) is 4.68. The molecule has 0 atom stereocenters. The lowest BCUT2D eigenvalue weighted by atomic mass is 10.2. The molecular formula is C14H12ClN3O2. The van der Waals surface area contributed by atoms with E-state index in [9.17, 15) is 4.79 Å². The number of hydrogen-bond donors (Lipinski definition) is 1. The van der Waals surface area contributed by atoms with Crippen molar-refractivity contribution in [3.05, 3.63) is 59.9 Å². The standard InChI is InChI=1S/C14H12ClN3O2/c1-10(15)9-20-13(19)11-4-2-5-12(8-11)18-14-16-6-3-7-17-14/h2-8H,1,9H2,(H,16,17,18). The lowest BCUT2D eigenvalue weighted by Crippen LogP contribution is -2.07. The number of hydrogen-bond acceptors (Lipinski definition) is 5. The molecule has 2 rings (SSSR count). The molecule has 5 nitrogen and oxygen atoms in total. The minimum Gasteiger partial charge on any atom is -0.456 e. The first-order valence-corrected chi connectivity index (χ1v) is 6.17. The molecular weight excluding hydrogens is 278 g/mol. The fourth-order valence-corrected chi connectivity index (χ4v) is 1.50. The summed E-state index contributed by atoms with van der Waals surface area (Å²) in [6, 6.07) is 8.55. The van der Waals surface area contributed by atoms with E-state index in [1.54, 1.807) is 42.7 Å². The number of halogens is 1. The number of rotatable bonds is 5. The van der Waals surface area contributed by atoms with Crippen molar-refractivity contribution in [3.8, 4) is 0 Å². The van der Waals surface area contributed by atoms with E-state index in [-0.39, 0.29) is 11.6 Å². The molecule has 0 saturated heterocycles. The molecule has 0 aliphatic carbocycles. The average Bonchev–Trinajstić information content (AvgIpc) is 2.46. The topological polar surface area (TPSA) is 64.1 Å². The lowest BCUT2D eigenvalue weighted by Gasteiger charge is -2.07. The fraction of sp³-hybridized carbons (Fsp3) is 0.0714. The van der Waals surface area contributed by atoms with Crippen LogP contribution in [-0.4, -0.2) is 22.5 Å². The molecule has 1 heterocycles. The predicted molar refractivity (Wildman–Crippen MR) is 77.0 cm³/mol. The third kappa shape index (κ3) is 4.07. The van der Waals surface area contributed by atoms with E-state index in [1.165, 1.54) is 0 Å². The van der Waals surface area contributed by atoms with Gasteiger partial charge in [-0.3, -0.25) is 0 Å². The van der Waals surface area contributed by atoms with Gasteiger partial charge in [-0.05, 0) is 24.3 Å².